The van der Waals surface area contributed by atoms with Crippen LogP contribution in [0.4, 0.5) is 0 Å². The molecule has 1 aromatic carbocycles. The van der Waals surface area contributed by atoms with E-state index < -0.39 is 23.9 Å². The number of nitrogens with zero attached hydrogens (tertiary/aromatic N) is 2. The van der Waals surface area contributed by atoms with Gasteiger partial charge in [0.25, 0.3) is 0 Å². The molecule has 0 atom stereocenters. The number of carboxylic acids is 3. The van der Waals surface area contributed by atoms with E-state index in [9.17, 15) is 19.2 Å². The fourth-order valence-corrected chi connectivity index (χ4v) is 2.14. The van der Waals surface area contributed by atoms with Crippen LogP contribution in [0.3, 0.4) is 0 Å². The molecule has 10 heteroatoms. The summed E-state index contributed by atoms with van der Waals surface area (Å²) in [6.07, 6.45) is 0. The zero-order valence-corrected chi connectivity index (χ0v) is 15.8. The SMILES string of the molecule is C.O=C(O)c1cccc(C(=O)O)n1.O=C(O)c1cccc(C(=O)OCc2ccccc2)n1. The van der Waals surface area contributed by atoms with Gasteiger partial charge in [-0.25, -0.2) is 29.1 Å². The van der Waals surface area contributed by atoms with Crippen molar-refractivity contribution in [2.45, 2.75) is 14.0 Å². The number of hydrogen-bond donors (Lipinski definition) is 3. The van der Waals surface area contributed by atoms with Crippen LogP contribution in [0.1, 0.15) is 54.9 Å². The summed E-state index contributed by atoms with van der Waals surface area (Å²) in [5.74, 6) is -4.30. The van der Waals surface area contributed by atoms with Crippen molar-refractivity contribution in [3.63, 3.8) is 0 Å². The average molecular weight is 440 g/mol. The number of benzene rings is 1. The average Bonchev–Trinajstić information content (AvgIpc) is 2.78. The number of hydrogen-bond acceptors (Lipinski definition) is 7. The first-order valence-electron chi connectivity index (χ1n) is 8.63. The van der Waals surface area contributed by atoms with Crippen LogP contribution in [0, 0.1) is 0 Å². The third kappa shape index (κ3) is 7.67. The topological polar surface area (TPSA) is 164 Å². The third-order valence-corrected chi connectivity index (χ3v) is 3.58. The van der Waals surface area contributed by atoms with Crippen molar-refractivity contribution < 1.29 is 39.2 Å². The van der Waals surface area contributed by atoms with Crippen LogP contribution >= 0.6 is 0 Å². The monoisotopic (exact) mass is 440 g/mol. The molecule has 0 spiro atoms. The second-order valence-electron chi connectivity index (χ2n) is 5.79. The summed E-state index contributed by atoms with van der Waals surface area (Å²) in [5, 5.41) is 25.7. The summed E-state index contributed by atoms with van der Waals surface area (Å²) in [6, 6.07) is 17.2. The van der Waals surface area contributed by atoms with Gasteiger partial charge in [0, 0.05) is 0 Å². The Labute approximate surface area is 182 Å². The van der Waals surface area contributed by atoms with Crippen molar-refractivity contribution in [2.24, 2.45) is 0 Å². The van der Waals surface area contributed by atoms with E-state index in [4.69, 9.17) is 20.1 Å². The zero-order chi connectivity index (χ0) is 22.8. The van der Waals surface area contributed by atoms with E-state index in [1.807, 2.05) is 30.3 Å². The second kappa shape index (κ2) is 12.2. The highest BCUT2D eigenvalue weighted by atomic mass is 16.5. The standard InChI is InChI=1S/C14H11NO4.C7H5NO4.CH4/c16-13(17)11-7-4-8-12(15-11)14(18)19-9-10-5-2-1-3-6-10;9-6(10)4-2-1-3-5(8-4)7(11)12;/h1-8H,9H2,(H,16,17);1-3H,(H,9,10)(H,11,12);1H4. The van der Waals surface area contributed by atoms with Gasteiger partial charge in [0.2, 0.25) is 0 Å². The van der Waals surface area contributed by atoms with Gasteiger partial charge >= 0.3 is 23.9 Å². The van der Waals surface area contributed by atoms with Crippen molar-refractivity contribution in [2.75, 3.05) is 0 Å². The van der Waals surface area contributed by atoms with Gasteiger partial charge < -0.3 is 20.1 Å². The molecule has 2 heterocycles. The van der Waals surface area contributed by atoms with Gasteiger partial charge in [-0.2, -0.15) is 0 Å². The number of aromatic carboxylic acids is 3. The smallest absolute Gasteiger partial charge is 0.357 e. The predicted molar refractivity (Wildman–Crippen MR) is 112 cm³/mol. The van der Waals surface area contributed by atoms with E-state index in [0.29, 0.717) is 0 Å². The van der Waals surface area contributed by atoms with E-state index in [2.05, 4.69) is 9.97 Å². The Bertz CT molecular complexity index is 1070. The lowest BCUT2D eigenvalue weighted by Crippen LogP contribution is -2.10. The molecule has 0 saturated heterocycles. The van der Waals surface area contributed by atoms with E-state index in [1.54, 1.807) is 0 Å². The molecule has 0 saturated carbocycles. The first-order chi connectivity index (χ1) is 14.8. The maximum absolute atomic E-state index is 11.7. The summed E-state index contributed by atoms with van der Waals surface area (Å²) < 4.78 is 5.05. The van der Waals surface area contributed by atoms with Crippen LogP contribution < -0.4 is 0 Å². The van der Waals surface area contributed by atoms with Crippen molar-refractivity contribution in [3.05, 3.63) is 95.1 Å². The Morgan fingerprint density at radius 2 is 1.03 bits per heavy atom. The number of pyridine rings is 2. The highest BCUT2D eigenvalue weighted by molar-refractivity contribution is 5.91. The van der Waals surface area contributed by atoms with Crippen molar-refractivity contribution in [3.8, 4) is 0 Å². The largest absolute Gasteiger partial charge is 0.477 e. The van der Waals surface area contributed by atoms with Crippen LogP contribution in [0.15, 0.2) is 66.7 Å². The maximum atomic E-state index is 11.7. The Hall–Kier alpha value is -4.60. The first-order valence-corrected chi connectivity index (χ1v) is 8.63. The van der Waals surface area contributed by atoms with E-state index in [1.165, 1.54) is 36.4 Å². The molecule has 0 aliphatic rings. The summed E-state index contributed by atoms with van der Waals surface area (Å²) in [4.78, 5) is 50.2. The highest BCUT2D eigenvalue weighted by Crippen LogP contribution is 2.06. The van der Waals surface area contributed by atoms with E-state index in [-0.39, 0.29) is 36.8 Å². The summed E-state index contributed by atoms with van der Waals surface area (Å²) in [5.41, 5.74) is 0.111. The molecule has 3 N–H and O–H groups in total. The molecule has 0 bridgehead atoms. The molecule has 0 amide bonds. The Morgan fingerprint density at radius 1 is 0.625 bits per heavy atom. The lowest BCUT2D eigenvalue weighted by molar-refractivity contribution is 0.0464. The third-order valence-electron chi connectivity index (χ3n) is 3.58. The fourth-order valence-electron chi connectivity index (χ4n) is 2.14. The number of ether oxygens (including phenoxy) is 1. The van der Waals surface area contributed by atoms with Crippen molar-refractivity contribution in [1.82, 2.24) is 9.97 Å². The lowest BCUT2D eigenvalue weighted by Gasteiger charge is -2.04. The van der Waals surface area contributed by atoms with Gasteiger partial charge in [0.15, 0.2) is 0 Å². The summed E-state index contributed by atoms with van der Waals surface area (Å²) in [7, 11) is 0. The van der Waals surface area contributed by atoms with E-state index >= 15 is 0 Å². The molecule has 2 aromatic heterocycles. The maximum Gasteiger partial charge on any atom is 0.357 e. The Balaban J connectivity index is 0.000000342. The summed E-state index contributed by atoms with van der Waals surface area (Å²) in [6.45, 7) is 0.124. The van der Waals surface area contributed by atoms with Gasteiger partial charge in [-0.3, -0.25) is 0 Å². The molecule has 10 nitrogen and oxygen atoms in total. The minimum absolute atomic E-state index is 0. The van der Waals surface area contributed by atoms with Gasteiger partial charge in [0.1, 0.15) is 29.4 Å². The number of carbonyl (C=O) groups excluding carboxylic acids is 1. The zero-order valence-electron chi connectivity index (χ0n) is 15.8. The Kier molecular flexibility index (Phi) is 9.68. The number of carboxylic acid groups (broad SMARTS) is 3. The predicted octanol–water partition coefficient (Wildman–Crippen LogP) is 3.25. The van der Waals surface area contributed by atoms with Gasteiger partial charge in [0.05, 0.1) is 0 Å². The Morgan fingerprint density at radius 3 is 1.47 bits per heavy atom. The minimum Gasteiger partial charge on any atom is -0.477 e. The molecule has 3 rings (SSSR count). The van der Waals surface area contributed by atoms with Crippen LogP contribution in [-0.4, -0.2) is 49.2 Å². The number of aromatic nitrogens is 2. The number of rotatable bonds is 6. The second-order valence-corrected chi connectivity index (χ2v) is 5.79. The van der Waals surface area contributed by atoms with Crippen molar-refractivity contribution in [1.29, 1.82) is 0 Å². The van der Waals surface area contributed by atoms with Gasteiger partial charge in [-0.15, -0.1) is 0 Å². The van der Waals surface area contributed by atoms with Gasteiger partial charge in [-0.1, -0.05) is 49.9 Å². The highest BCUT2D eigenvalue weighted by Gasteiger charge is 2.12. The molecular formula is C22H20N2O8. The van der Waals surface area contributed by atoms with Crippen LogP contribution in [0.5, 0.6) is 0 Å². The fraction of sp³-hybridized carbons (Fsp3) is 0.0909. The first kappa shape index (κ1) is 25.4. The molecule has 0 aliphatic heterocycles. The van der Waals surface area contributed by atoms with E-state index in [0.717, 1.165) is 5.56 Å². The molecule has 0 unspecified atom stereocenters. The number of esters is 1. The minimum atomic E-state index is -1.24. The molecule has 0 aliphatic carbocycles. The molecule has 166 valence electrons. The molecule has 0 radical (unpaired) electrons. The normalized spacial score (nSPS) is 9.38. The molecule has 0 fully saturated rings. The van der Waals surface area contributed by atoms with Crippen molar-refractivity contribution >= 4 is 23.9 Å². The molecule has 32 heavy (non-hydrogen) atoms. The van der Waals surface area contributed by atoms with Crippen LogP contribution in [0.25, 0.3) is 0 Å². The lowest BCUT2D eigenvalue weighted by atomic mass is 10.2. The van der Waals surface area contributed by atoms with Crippen LogP contribution in [0.2, 0.25) is 0 Å². The number of carbonyl (C=O) groups is 4. The quantitative estimate of drug-likeness (QED) is 0.485. The van der Waals surface area contributed by atoms with Crippen LogP contribution in [-0.2, 0) is 11.3 Å². The molecule has 3 aromatic rings. The summed E-state index contributed by atoms with van der Waals surface area (Å²) >= 11 is 0. The molecular weight excluding hydrogens is 420 g/mol. The van der Waals surface area contributed by atoms with Gasteiger partial charge in [-0.05, 0) is 29.8 Å².